The van der Waals surface area contributed by atoms with Crippen LogP contribution in [0.1, 0.15) is 39.9 Å². The molecule has 1 aliphatic rings. The van der Waals surface area contributed by atoms with Crippen LogP contribution in [0.15, 0.2) is 35.7 Å². The second-order valence-electron chi connectivity index (χ2n) is 5.78. The summed E-state index contributed by atoms with van der Waals surface area (Å²) in [4.78, 5) is 19.2. The molecule has 3 rings (SSSR count). The minimum atomic E-state index is -0.131. The molecule has 1 amide bonds. The minimum Gasteiger partial charge on any atom is -0.343 e. The van der Waals surface area contributed by atoms with Crippen LogP contribution in [-0.4, -0.2) is 35.4 Å². The summed E-state index contributed by atoms with van der Waals surface area (Å²) < 4.78 is 0. The van der Waals surface area contributed by atoms with Gasteiger partial charge in [-0.2, -0.15) is 0 Å². The van der Waals surface area contributed by atoms with Crippen LogP contribution < -0.4 is 11.1 Å². The largest absolute Gasteiger partial charge is 0.343 e. The first-order valence-electron chi connectivity index (χ1n) is 7.99. The molecule has 1 saturated heterocycles. The molecule has 2 aromatic rings. The topological polar surface area (TPSA) is 71.2 Å². The highest BCUT2D eigenvalue weighted by Crippen LogP contribution is 2.19. The predicted octanol–water partition coefficient (Wildman–Crippen LogP) is 3.01. The first kappa shape index (κ1) is 21.9. The SMILES string of the molecule is Cl.Cl.NCc1nc(C(=O)NC(CN2CCCC2)c2ccccc2)cs1. The van der Waals surface area contributed by atoms with Gasteiger partial charge in [-0.15, -0.1) is 36.2 Å². The standard InChI is InChI=1S/C17H22N4OS.2ClH/c18-10-16-19-15(12-23-16)17(22)20-14(11-21-8-4-5-9-21)13-6-2-1-3-7-13;;/h1-3,6-7,12,14H,4-5,8-11,18H2,(H,20,22);2*1H. The van der Waals surface area contributed by atoms with Crippen molar-refractivity contribution in [1.29, 1.82) is 0 Å². The molecule has 5 nitrogen and oxygen atoms in total. The number of hydrogen-bond donors (Lipinski definition) is 2. The molecular weight excluding hydrogens is 379 g/mol. The fraction of sp³-hybridized carbons (Fsp3) is 0.412. The number of thiazole rings is 1. The Morgan fingerprint density at radius 3 is 2.52 bits per heavy atom. The average molecular weight is 403 g/mol. The van der Waals surface area contributed by atoms with Crippen molar-refractivity contribution in [2.75, 3.05) is 19.6 Å². The van der Waals surface area contributed by atoms with Gasteiger partial charge in [0.1, 0.15) is 10.7 Å². The number of nitrogens with zero attached hydrogens (tertiary/aromatic N) is 2. The smallest absolute Gasteiger partial charge is 0.271 e. The van der Waals surface area contributed by atoms with E-state index in [-0.39, 0.29) is 36.8 Å². The van der Waals surface area contributed by atoms with Gasteiger partial charge in [-0.05, 0) is 31.5 Å². The Hall–Kier alpha value is -1.18. The van der Waals surface area contributed by atoms with Crippen molar-refractivity contribution in [2.24, 2.45) is 5.73 Å². The van der Waals surface area contributed by atoms with Gasteiger partial charge in [-0.25, -0.2) is 4.98 Å². The van der Waals surface area contributed by atoms with Crippen molar-refractivity contribution in [1.82, 2.24) is 15.2 Å². The lowest BCUT2D eigenvalue weighted by atomic mass is 10.1. The number of nitrogens with two attached hydrogens (primary N) is 1. The zero-order valence-corrected chi connectivity index (χ0v) is 16.3. The maximum absolute atomic E-state index is 12.5. The lowest BCUT2D eigenvalue weighted by Crippen LogP contribution is -2.37. The average Bonchev–Trinajstić information content (AvgIpc) is 3.26. The molecule has 1 aromatic heterocycles. The van der Waals surface area contributed by atoms with Gasteiger partial charge in [0.2, 0.25) is 0 Å². The fourth-order valence-electron chi connectivity index (χ4n) is 2.88. The highest BCUT2D eigenvalue weighted by Gasteiger charge is 2.22. The minimum absolute atomic E-state index is 0. The van der Waals surface area contributed by atoms with E-state index in [0.717, 1.165) is 30.2 Å². The van der Waals surface area contributed by atoms with Crippen LogP contribution >= 0.6 is 36.2 Å². The van der Waals surface area contributed by atoms with Gasteiger partial charge in [0.15, 0.2) is 0 Å². The van der Waals surface area contributed by atoms with Gasteiger partial charge in [0.25, 0.3) is 5.91 Å². The Labute approximate surface area is 164 Å². The van der Waals surface area contributed by atoms with Gasteiger partial charge < -0.3 is 16.0 Å². The normalized spacial score (nSPS) is 15.1. The number of amides is 1. The van der Waals surface area contributed by atoms with Crippen molar-refractivity contribution < 1.29 is 4.79 Å². The van der Waals surface area contributed by atoms with E-state index in [1.165, 1.54) is 24.2 Å². The summed E-state index contributed by atoms with van der Waals surface area (Å²) in [5.74, 6) is -0.131. The van der Waals surface area contributed by atoms with E-state index < -0.39 is 0 Å². The number of aromatic nitrogens is 1. The molecule has 1 atom stereocenters. The van der Waals surface area contributed by atoms with Gasteiger partial charge in [0, 0.05) is 18.5 Å². The predicted molar refractivity (Wildman–Crippen MR) is 107 cm³/mol. The summed E-state index contributed by atoms with van der Waals surface area (Å²) in [6.45, 7) is 3.41. The van der Waals surface area contributed by atoms with Crippen LogP contribution in [0.5, 0.6) is 0 Å². The van der Waals surface area contributed by atoms with Crippen LogP contribution in [0.4, 0.5) is 0 Å². The molecule has 0 radical (unpaired) electrons. The number of rotatable bonds is 6. The summed E-state index contributed by atoms with van der Waals surface area (Å²) in [7, 11) is 0. The number of halogens is 2. The van der Waals surface area contributed by atoms with Crippen LogP contribution in [0, 0.1) is 0 Å². The highest BCUT2D eigenvalue weighted by molar-refractivity contribution is 7.09. The van der Waals surface area contributed by atoms with Gasteiger partial charge in [-0.3, -0.25) is 4.79 Å². The third-order valence-electron chi connectivity index (χ3n) is 4.11. The fourth-order valence-corrected chi connectivity index (χ4v) is 3.54. The Morgan fingerprint density at radius 2 is 1.92 bits per heavy atom. The molecule has 0 spiro atoms. The molecule has 1 fully saturated rings. The zero-order chi connectivity index (χ0) is 16.1. The summed E-state index contributed by atoms with van der Waals surface area (Å²) in [6, 6.07) is 10.1. The molecule has 0 bridgehead atoms. The number of likely N-dealkylation sites (tertiary alicyclic amines) is 1. The molecule has 25 heavy (non-hydrogen) atoms. The van der Waals surface area contributed by atoms with Crippen molar-refractivity contribution in [3.05, 3.63) is 52.0 Å². The number of benzene rings is 1. The van der Waals surface area contributed by atoms with Crippen LogP contribution in [0.3, 0.4) is 0 Å². The summed E-state index contributed by atoms with van der Waals surface area (Å²) in [6.07, 6.45) is 2.48. The number of carbonyl (C=O) groups is 1. The molecule has 138 valence electrons. The molecule has 1 unspecified atom stereocenters. The molecule has 1 aliphatic heterocycles. The first-order valence-corrected chi connectivity index (χ1v) is 8.87. The summed E-state index contributed by atoms with van der Waals surface area (Å²) in [5, 5.41) is 5.69. The van der Waals surface area contributed by atoms with Crippen molar-refractivity contribution in [3.63, 3.8) is 0 Å². The van der Waals surface area contributed by atoms with E-state index in [4.69, 9.17) is 5.73 Å². The second-order valence-corrected chi connectivity index (χ2v) is 6.72. The third kappa shape index (κ3) is 5.94. The molecule has 0 saturated carbocycles. The van der Waals surface area contributed by atoms with Crippen molar-refractivity contribution >= 4 is 42.1 Å². The number of nitrogens with one attached hydrogen (secondary N) is 1. The number of carbonyl (C=O) groups excluding carboxylic acids is 1. The third-order valence-corrected chi connectivity index (χ3v) is 4.98. The molecule has 8 heteroatoms. The first-order chi connectivity index (χ1) is 11.3. The highest BCUT2D eigenvalue weighted by atomic mass is 35.5. The number of hydrogen-bond acceptors (Lipinski definition) is 5. The molecular formula is C17H24Cl2N4OS. The van der Waals surface area contributed by atoms with Crippen LogP contribution in [0.2, 0.25) is 0 Å². The summed E-state index contributed by atoms with van der Waals surface area (Å²) >= 11 is 1.43. The Kier molecular flexibility index (Phi) is 9.38. The Bertz CT molecular complexity index is 647. The Balaban J connectivity index is 0.00000156. The lowest BCUT2D eigenvalue weighted by molar-refractivity contribution is 0.0922. The van der Waals surface area contributed by atoms with E-state index in [9.17, 15) is 4.79 Å². The maximum atomic E-state index is 12.5. The van der Waals surface area contributed by atoms with Crippen LogP contribution in [0.25, 0.3) is 0 Å². The van der Waals surface area contributed by atoms with Crippen LogP contribution in [-0.2, 0) is 6.54 Å². The van der Waals surface area contributed by atoms with Gasteiger partial charge >= 0.3 is 0 Å². The lowest BCUT2D eigenvalue weighted by Gasteiger charge is -2.24. The molecule has 3 N–H and O–H groups in total. The maximum Gasteiger partial charge on any atom is 0.271 e. The van der Waals surface area contributed by atoms with Crippen molar-refractivity contribution in [2.45, 2.75) is 25.4 Å². The zero-order valence-electron chi connectivity index (χ0n) is 13.9. The van der Waals surface area contributed by atoms with E-state index in [1.54, 1.807) is 5.38 Å². The molecule has 2 heterocycles. The molecule has 1 aromatic carbocycles. The van der Waals surface area contributed by atoms with E-state index in [2.05, 4.69) is 27.3 Å². The van der Waals surface area contributed by atoms with E-state index >= 15 is 0 Å². The summed E-state index contributed by atoms with van der Waals surface area (Å²) in [5.41, 5.74) is 7.16. The van der Waals surface area contributed by atoms with E-state index in [1.807, 2.05) is 18.2 Å². The van der Waals surface area contributed by atoms with E-state index in [0.29, 0.717) is 12.2 Å². The molecule has 0 aliphatic carbocycles. The second kappa shape index (κ2) is 10.7. The van der Waals surface area contributed by atoms with Gasteiger partial charge in [-0.1, -0.05) is 30.3 Å². The van der Waals surface area contributed by atoms with Crippen molar-refractivity contribution in [3.8, 4) is 0 Å². The van der Waals surface area contributed by atoms with Gasteiger partial charge in [0.05, 0.1) is 6.04 Å². The Morgan fingerprint density at radius 1 is 1.24 bits per heavy atom. The quantitative estimate of drug-likeness (QED) is 0.778. The monoisotopic (exact) mass is 402 g/mol.